The lowest BCUT2D eigenvalue weighted by Gasteiger charge is -2.32. The molecule has 0 saturated carbocycles. The van der Waals surface area contributed by atoms with Gasteiger partial charge in [0.1, 0.15) is 48.0 Å². The molecular formula is C45H71N11O13. The maximum Gasteiger partial charge on any atom is 0.326 e. The number of carbonyl (C=O) groups excluding carboxylic acids is 10. The first-order chi connectivity index (χ1) is 32.2. The molecule has 384 valence electrons. The van der Waals surface area contributed by atoms with Crippen LogP contribution in [-0.4, -0.2) is 142 Å². The standard InChI is InChI=1S/C45H71N11O13/c1-8-24(6)37(44(67)56-17-9-10-32(56)42(65)53-31(45(68)69)18-22(2)3)54-35(60)21-49-40(63)30(20-34(48)59)52-41(64)29(15-16-33(47)58)51-38(61)25(7)50-43(66)36(23(4)5)55-39(62)28(46)19-26-11-13-27(57)14-12-26/h11-14,22-25,28-32,36-37,57H,8-10,15-21,46H2,1-7H3,(H2,47,58)(H2,48,59)(H,49,63)(H,50,66)(H,51,61)(H,52,64)(H,53,65)(H,54,60)(H,55,62)(H,68,69)/t24-,25-,28-,29-,30-,31-,32-,36-,37-/m0/s1. The van der Waals surface area contributed by atoms with Gasteiger partial charge >= 0.3 is 5.97 Å². The number of carboxylic acid groups (broad SMARTS) is 1. The van der Waals surface area contributed by atoms with Crippen LogP contribution in [-0.2, 0) is 59.2 Å². The van der Waals surface area contributed by atoms with Crippen LogP contribution in [0.4, 0.5) is 0 Å². The van der Waals surface area contributed by atoms with E-state index >= 15 is 0 Å². The fraction of sp³-hybridized carbons (Fsp3) is 0.622. The number of rotatable bonds is 28. The number of primary amides is 2. The largest absolute Gasteiger partial charge is 0.508 e. The summed E-state index contributed by atoms with van der Waals surface area (Å²) in [6.45, 7) is 11.1. The number of amides is 10. The van der Waals surface area contributed by atoms with Crippen molar-refractivity contribution in [2.24, 2.45) is 35.0 Å². The highest BCUT2D eigenvalue weighted by molar-refractivity contribution is 5.98. The molecular weight excluding hydrogens is 903 g/mol. The lowest BCUT2D eigenvalue weighted by molar-refractivity contribution is -0.145. The van der Waals surface area contributed by atoms with Gasteiger partial charge in [-0.2, -0.15) is 0 Å². The summed E-state index contributed by atoms with van der Waals surface area (Å²) < 4.78 is 0. The smallest absolute Gasteiger partial charge is 0.326 e. The van der Waals surface area contributed by atoms with Gasteiger partial charge in [0, 0.05) is 13.0 Å². The Morgan fingerprint density at radius 3 is 1.90 bits per heavy atom. The van der Waals surface area contributed by atoms with Gasteiger partial charge in [0.25, 0.3) is 0 Å². The van der Waals surface area contributed by atoms with Crippen molar-refractivity contribution in [1.29, 1.82) is 0 Å². The summed E-state index contributed by atoms with van der Waals surface area (Å²) in [4.78, 5) is 144. The number of hydrogen-bond donors (Lipinski definition) is 12. The van der Waals surface area contributed by atoms with Gasteiger partial charge < -0.3 is 69.5 Å². The molecule has 1 aliphatic heterocycles. The number of aromatic hydroxyl groups is 1. The normalized spacial score (nSPS) is 16.8. The van der Waals surface area contributed by atoms with E-state index in [1.54, 1.807) is 53.7 Å². The minimum absolute atomic E-state index is 0.0286. The zero-order valence-corrected chi connectivity index (χ0v) is 40.3. The third-order valence-electron chi connectivity index (χ3n) is 11.5. The zero-order valence-electron chi connectivity index (χ0n) is 40.3. The first kappa shape index (κ1) is 58.3. The minimum Gasteiger partial charge on any atom is -0.508 e. The Hall–Kier alpha value is -6.85. The van der Waals surface area contributed by atoms with Crippen LogP contribution >= 0.6 is 0 Å². The number of likely N-dealkylation sites (tertiary alicyclic amines) is 1. The molecule has 9 atom stereocenters. The van der Waals surface area contributed by atoms with Crippen LogP contribution in [0.1, 0.15) is 99.0 Å². The molecule has 1 saturated heterocycles. The summed E-state index contributed by atoms with van der Waals surface area (Å²) in [6.07, 6.45) is -0.238. The Morgan fingerprint density at radius 2 is 1.35 bits per heavy atom. The van der Waals surface area contributed by atoms with Gasteiger partial charge in [0.15, 0.2) is 0 Å². The highest BCUT2D eigenvalue weighted by Gasteiger charge is 2.40. The highest BCUT2D eigenvalue weighted by atomic mass is 16.4. The molecule has 69 heavy (non-hydrogen) atoms. The van der Waals surface area contributed by atoms with Crippen LogP contribution < -0.4 is 54.4 Å². The molecule has 0 radical (unpaired) electrons. The van der Waals surface area contributed by atoms with Crippen LogP contribution in [0.2, 0.25) is 0 Å². The van der Waals surface area contributed by atoms with E-state index in [0.29, 0.717) is 18.4 Å². The van der Waals surface area contributed by atoms with Crippen LogP contribution in [0.3, 0.4) is 0 Å². The van der Waals surface area contributed by atoms with Crippen LogP contribution in [0.5, 0.6) is 5.75 Å². The first-order valence-electron chi connectivity index (χ1n) is 23.0. The molecule has 24 nitrogen and oxygen atoms in total. The van der Waals surface area contributed by atoms with Crippen molar-refractivity contribution in [2.45, 2.75) is 148 Å². The molecule has 0 aromatic heterocycles. The molecule has 0 spiro atoms. The Morgan fingerprint density at radius 1 is 0.725 bits per heavy atom. The maximum atomic E-state index is 13.9. The number of nitrogens with one attached hydrogen (secondary N) is 7. The van der Waals surface area contributed by atoms with Crippen LogP contribution in [0, 0.1) is 17.8 Å². The summed E-state index contributed by atoms with van der Waals surface area (Å²) in [6, 6.07) is -4.14. The third kappa shape index (κ3) is 19.4. The Bertz CT molecular complexity index is 2020. The van der Waals surface area contributed by atoms with Gasteiger partial charge in [-0.3, -0.25) is 47.9 Å². The number of carbonyl (C=O) groups is 11. The SMILES string of the molecule is CC[C@H](C)[C@H](NC(=O)CNC(=O)[C@H](CC(N)=O)NC(=O)[C@H](CCC(N)=O)NC(=O)[C@H](C)NC(=O)[C@@H](NC(=O)[C@@H](N)Cc1ccc(O)cc1)C(C)C)C(=O)N1CCC[C@H]1C(=O)N[C@@H](CC(C)C)C(=O)O. The topological polar surface area (TPSA) is 394 Å². The van der Waals surface area contributed by atoms with Crippen molar-refractivity contribution in [1.82, 2.24) is 42.1 Å². The van der Waals surface area contributed by atoms with E-state index in [2.05, 4.69) is 37.2 Å². The number of nitrogens with zero attached hydrogens (tertiary/aromatic N) is 1. The van der Waals surface area contributed by atoms with Gasteiger partial charge in [-0.15, -0.1) is 0 Å². The number of phenolic OH excluding ortho intramolecular Hbond substituents is 1. The average Bonchev–Trinajstić information content (AvgIpc) is 3.77. The summed E-state index contributed by atoms with van der Waals surface area (Å²) >= 11 is 0. The summed E-state index contributed by atoms with van der Waals surface area (Å²) in [5, 5.41) is 36.3. The molecule has 1 aromatic rings. The Balaban J connectivity index is 2.14. The predicted octanol–water partition coefficient (Wildman–Crippen LogP) is -2.73. The molecule has 2 rings (SSSR count). The van der Waals surface area contributed by atoms with Crippen molar-refractivity contribution in [3.05, 3.63) is 29.8 Å². The second-order valence-corrected chi connectivity index (χ2v) is 18.1. The molecule has 0 bridgehead atoms. The van der Waals surface area contributed by atoms with E-state index in [4.69, 9.17) is 17.2 Å². The molecule has 1 aromatic carbocycles. The molecule has 0 aliphatic carbocycles. The Kier molecular flexibility index (Phi) is 23.5. The molecule has 1 fully saturated rings. The number of aliphatic carboxylic acids is 1. The summed E-state index contributed by atoms with van der Waals surface area (Å²) in [7, 11) is 0. The van der Waals surface area contributed by atoms with Crippen molar-refractivity contribution in [2.75, 3.05) is 13.1 Å². The first-order valence-corrected chi connectivity index (χ1v) is 23.0. The van der Waals surface area contributed by atoms with E-state index in [-0.39, 0.29) is 37.5 Å². The van der Waals surface area contributed by atoms with Gasteiger partial charge in [-0.05, 0) is 74.5 Å². The van der Waals surface area contributed by atoms with E-state index in [1.165, 1.54) is 24.0 Å². The number of benzene rings is 1. The van der Waals surface area contributed by atoms with E-state index in [9.17, 15) is 63.0 Å². The van der Waals surface area contributed by atoms with E-state index in [1.807, 2.05) is 0 Å². The lowest BCUT2D eigenvalue weighted by atomic mass is 9.97. The molecule has 1 aliphatic rings. The quantitative estimate of drug-likeness (QED) is 0.0406. The minimum atomic E-state index is -1.72. The van der Waals surface area contributed by atoms with Gasteiger partial charge in [0.2, 0.25) is 59.1 Å². The number of hydrogen-bond acceptors (Lipinski definition) is 13. The number of nitrogens with two attached hydrogens (primary N) is 3. The van der Waals surface area contributed by atoms with Crippen LogP contribution in [0.25, 0.3) is 0 Å². The maximum absolute atomic E-state index is 13.9. The highest BCUT2D eigenvalue weighted by Crippen LogP contribution is 2.22. The molecule has 10 amide bonds. The molecule has 24 heteroatoms. The van der Waals surface area contributed by atoms with Crippen molar-refractivity contribution in [3.8, 4) is 5.75 Å². The Labute approximate surface area is 401 Å². The lowest BCUT2D eigenvalue weighted by Crippen LogP contribution is -2.59. The summed E-state index contributed by atoms with van der Waals surface area (Å²) in [5.41, 5.74) is 17.4. The van der Waals surface area contributed by atoms with Crippen LogP contribution in [0.15, 0.2) is 24.3 Å². The second-order valence-electron chi connectivity index (χ2n) is 18.1. The number of phenols is 1. The van der Waals surface area contributed by atoms with E-state index < -0.39 is 151 Å². The summed E-state index contributed by atoms with van der Waals surface area (Å²) in [5.74, 6) is -10.7. The molecule has 0 unspecified atom stereocenters. The van der Waals surface area contributed by atoms with Gasteiger partial charge in [0.05, 0.1) is 19.0 Å². The van der Waals surface area contributed by atoms with Gasteiger partial charge in [-0.1, -0.05) is 60.1 Å². The average molecular weight is 974 g/mol. The van der Waals surface area contributed by atoms with Crippen molar-refractivity contribution < 1.29 is 63.0 Å². The molecule has 15 N–H and O–H groups in total. The second kappa shape index (κ2) is 27.8. The van der Waals surface area contributed by atoms with Crippen molar-refractivity contribution in [3.63, 3.8) is 0 Å². The fourth-order valence-corrected chi connectivity index (χ4v) is 7.32. The number of carboxylic acids is 1. The predicted molar refractivity (Wildman–Crippen MR) is 248 cm³/mol. The van der Waals surface area contributed by atoms with Gasteiger partial charge in [-0.25, -0.2) is 4.79 Å². The van der Waals surface area contributed by atoms with E-state index in [0.717, 1.165) is 0 Å². The fourth-order valence-electron chi connectivity index (χ4n) is 7.32. The zero-order chi connectivity index (χ0) is 52.3. The monoisotopic (exact) mass is 974 g/mol. The van der Waals surface area contributed by atoms with Crippen molar-refractivity contribution >= 4 is 65.0 Å². The third-order valence-corrected chi connectivity index (χ3v) is 11.5. The molecule has 1 heterocycles.